The van der Waals surface area contributed by atoms with E-state index in [0.717, 1.165) is 0 Å². The Kier molecular flexibility index (Phi) is 6.49. The quantitative estimate of drug-likeness (QED) is 0.263. The van der Waals surface area contributed by atoms with E-state index in [0.29, 0.717) is 0 Å². The lowest BCUT2D eigenvalue weighted by Gasteiger charge is -2.43. The largest absolute Gasteiger partial charge is 0.507 e. The number of carbonyl (C=O) groups excluding carboxylic acids is 2. The van der Waals surface area contributed by atoms with Crippen LogP contribution in [0.15, 0.2) is 18.2 Å². The van der Waals surface area contributed by atoms with Gasteiger partial charge in [0.15, 0.2) is 12.1 Å². The van der Waals surface area contributed by atoms with Crippen LogP contribution in [-0.4, -0.2) is 80.5 Å². The van der Waals surface area contributed by atoms with Crippen LogP contribution >= 0.6 is 0 Å². The minimum Gasteiger partial charge on any atom is -0.507 e. The zero-order chi connectivity index (χ0) is 27.7. The van der Waals surface area contributed by atoms with E-state index in [9.17, 15) is 35.1 Å². The first-order valence-electron chi connectivity index (χ1n) is 12.4. The minimum atomic E-state index is -1.80. The minimum absolute atomic E-state index is 0.00187. The SMILES string of the molecule is COc1cccc2c1C(=O)c1c(O)c3c(c(O)c1C2=O)C[C@](O)([C@H](C)O)C[C@H]3OC1CC(N)C(O)C(C)O1. The molecule has 0 radical (unpaired) electrons. The molecule has 1 heterocycles. The van der Waals surface area contributed by atoms with Crippen molar-refractivity contribution in [3.8, 4) is 17.2 Å². The Hall–Kier alpha value is -3.06. The molecule has 11 nitrogen and oxygen atoms in total. The lowest BCUT2D eigenvalue weighted by molar-refractivity contribution is -0.250. The topological polar surface area (TPSA) is 189 Å². The van der Waals surface area contributed by atoms with Crippen molar-refractivity contribution in [3.05, 3.63) is 51.6 Å². The summed E-state index contributed by atoms with van der Waals surface area (Å²) in [7, 11) is 1.35. The first-order chi connectivity index (χ1) is 17.9. The van der Waals surface area contributed by atoms with E-state index in [2.05, 4.69) is 0 Å². The van der Waals surface area contributed by atoms with Gasteiger partial charge in [0.05, 0.1) is 53.8 Å². The standard InChI is InChI=1S/C27H31NO10/c1-10-22(30)14(28)7-17(37-10)38-16-9-27(35,11(2)29)8-13-19(16)26(34)21-20(24(13)32)23(31)12-5-4-6-15(36-3)18(12)25(21)33/h4-6,10-11,14,16-17,22,29-30,32,34-35H,7-9,28H2,1-3H3/t10?,11-,14?,16+,17?,22?,27+/m0/s1. The van der Waals surface area contributed by atoms with Crippen LogP contribution in [0.5, 0.6) is 17.2 Å². The van der Waals surface area contributed by atoms with Crippen LogP contribution in [0.3, 0.4) is 0 Å². The summed E-state index contributed by atoms with van der Waals surface area (Å²) in [5, 5.41) is 54.7. The van der Waals surface area contributed by atoms with E-state index < -0.39 is 76.5 Å². The Labute approximate surface area is 218 Å². The van der Waals surface area contributed by atoms with Gasteiger partial charge in [-0.15, -0.1) is 0 Å². The molecule has 1 saturated heterocycles. The summed E-state index contributed by atoms with van der Waals surface area (Å²) in [5.41, 5.74) is 3.37. The van der Waals surface area contributed by atoms with E-state index in [1.54, 1.807) is 6.92 Å². The summed E-state index contributed by atoms with van der Waals surface area (Å²) < 4.78 is 17.1. The molecule has 0 amide bonds. The maximum Gasteiger partial charge on any atom is 0.202 e. The average Bonchev–Trinajstić information content (AvgIpc) is 2.87. The maximum atomic E-state index is 13.6. The summed E-state index contributed by atoms with van der Waals surface area (Å²) in [6.45, 7) is 3.00. The molecule has 5 rings (SSSR count). The van der Waals surface area contributed by atoms with E-state index in [1.807, 2.05) is 0 Å². The van der Waals surface area contributed by atoms with E-state index in [1.165, 1.54) is 32.2 Å². The number of methoxy groups -OCH3 is 1. The Morgan fingerprint density at radius 1 is 1.13 bits per heavy atom. The molecule has 11 heteroatoms. The molecule has 2 aliphatic carbocycles. The van der Waals surface area contributed by atoms with E-state index >= 15 is 0 Å². The highest BCUT2D eigenvalue weighted by molar-refractivity contribution is 6.31. The van der Waals surface area contributed by atoms with Gasteiger partial charge in [0.2, 0.25) is 5.78 Å². The van der Waals surface area contributed by atoms with Crippen LogP contribution < -0.4 is 10.5 Å². The van der Waals surface area contributed by atoms with Gasteiger partial charge in [-0.2, -0.15) is 0 Å². The van der Waals surface area contributed by atoms with Crippen molar-refractivity contribution in [1.29, 1.82) is 0 Å². The monoisotopic (exact) mass is 529 g/mol. The highest BCUT2D eigenvalue weighted by Gasteiger charge is 2.49. The Morgan fingerprint density at radius 3 is 2.45 bits per heavy atom. The highest BCUT2D eigenvalue weighted by atomic mass is 16.7. The first-order valence-corrected chi connectivity index (χ1v) is 12.4. The fraction of sp³-hybridized carbons (Fsp3) is 0.481. The zero-order valence-electron chi connectivity index (χ0n) is 21.2. The third-order valence-electron chi connectivity index (χ3n) is 7.95. The number of fused-ring (bicyclic) bond motifs is 3. The lowest BCUT2D eigenvalue weighted by Crippen LogP contribution is -2.53. The maximum absolute atomic E-state index is 13.6. The molecule has 38 heavy (non-hydrogen) atoms. The van der Waals surface area contributed by atoms with Gasteiger partial charge in [0.1, 0.15) is 17.2 Å². The number of hydrogen-bond acceptors (Lipinski definition) is 11. The van der Waals surface area contributed by atoms with Gasteiger partial charge < -0.3 is 45.5 Å². The predicted molar refractivity (Wildman–Crippen MR) is 131 cm³/mol. The number of rotatable bonds is 4. The molecule has 0 aromatic heterocycles. The molecule has 1 fully saturated rings. The summed E-state index contributed by atoms with van der Waals surface area (Å²) in [6.07, 6.45) is -5.47. The zero-order valence-corrected chi connectivity index (χ0v) is 21.2. The average molecular weight is 530 g/mol. The van der Waals surface area contributed by atoms with Gasteiger partial charge in [0, 0.05) is 42.0 Å². The van der Waals surface area contributed by atoms with Gasteiger partial charge >= 0.3 is 0 Å². The number of phenols is 2. The molecule has 0 bridgehead atoms. The second-order valence-corrected chi connectivity index (χ2v) is 10.3. The molecular weight excluding hydrogens is 498 g/mol. The van der Waals surface area contributed by atoms with Crippen LogP contribution in [0.1, 0.15) is 75.8 Å². The smallest absolute Gasteiger partial charge is 0.202 e. The molecule has 3 aliphatic rings. The number of ketones is 2. The van der Waals surface area contributed by atoms with Crippen molar-refractivity contribution in [2.24, 2.45) is 5.73 Å². The number of benzene rings is 2. The number of aliphatic hydroxyl groups excluding tert-OH is 2. The number of hydrogen-bond donors (Lipinski definition) is 6. The summed E-state index contributed by atoms with van der Waals surface area (Å²) in [4.78, 5) is 27.1. The number of phenolic OH excluding ortho intramolecular Hbond substituents is 2. The number of aliphatic hydroxyl groups is 3. The molecule has 0 saturated carbocycles. The lowest BCUT2D eigenvalue weighted by atomic mass is 9.71. The van der Waals surface area contributed by atoms with Crippen molar-refractivity contribution in [2.75, 3.05) is 7.11 Å². The van der Waals surface area contributed by atoms with E-state index in [4.69, 9.17) is 19.9 Å². The Morgan fingerprint density at radius 2 is 1.82 bits per heavy atom. The van der Waals surface area contributed by atoms with Gasteiger partial charge in [0.25, 0.3) is 0 Å². The van der Waals surface area contributed by atoms with Crippen molar-refractivity contribution < 1.29 is 49.3 Å². The molecule has 7 atom stereocenters. The number of aromatic hydroxyl groups is 2. The third kappa shape index (κ3) is 3.89. The van der Waals surface area contributed by atoms with Crippen molar-refractivity contribution in [1.82, 2.24) is 0 Å². The van der Waals surface area contributed by atoms with Crippen molar-refractivity contribution in [3.63, 3.8) is 0 Å². The molecule has 1 aliphatic heterocycles. The third-order valence-corrected chi connectivity index (χ3v) is 7.95. The number of carbonyl (C=O) groups is 2. The summed E-state index contributed by atoms with van der Waals surface area (Å²) in [5.74, 6) is -2.44. The molecule has 2 aromatic rings. The fourth-order valence-electron chi connectivity index (χ4n) is 5.74. The van der Waals surface area contributed by atoms with Gasteiger partial charge in [-0.05, 0) is 19.9 Å². The summed E-state index contributed by atoms with van der Waals surface area (Å²) >= 11 is 0. The predicted octanol–water partition coefficient (Wildman–Crippen LogP) is 0.821. The van der Waals surface area contributed by atoms with Crippen molar-refractivity contribution in [2.45, 2.75) is 75.5 Å². The second kappa shape index (κ2) is 9.30. The van der Waals surface area contributed by atoms with Crippen LogP contribution in [0.2, 0.25) is 0 Å². The van der Waals surface area contributed by atoms with Crippen LogP contribution in [0.4, 0.5) is 0 Å². The Bertz CT molecular complexity index is 1310. The van der Waals surface area contributed by atoms with Gasteiger partial charge in [-0.25, -0.2) is 0 Å². The van der Waals surface area contributed by atoms with E-state index in [-0.39, 0.29) is 47.3 Å². The molecular formula is C27H31NO10. The molecule has 7 N–H and O–H groups in total. The Balaban J connectivity index is 1.68. The van der Waals surface area contributed by atoms with Crippen LogP contribution in [0.25, 0.3) is 0 Å². The van der Waals surface area contributed by atoms with Crippen LogP contribution in [-0.2, 0) is 15.9 Å². The molecule has 204 valence electrons. The number of nitrogens with two attached hydrogens (primary N) is 1. The molecule has 0 spiro atoms. The van der Waals surface area contributed by atoms with Gasteiger partial charge in [-0.3, -0.25) is 9.59 Å². The first kappa shape index (κ1) is 26.5. The second-order valence-electron chi connectivity index (χ2n) is 10.3. The van der Waals surface area contributed by atoms with Crippen molar-refractivity contribution >= 4 is 11.6 Å². The fourth-order valence-corrected chi connectivity index (χ4v) is 5.74. The summed E-state index contributed by atoms with van der Waals surface area (Å²) in [6, 6.07) is 3.80. The number of ether oxygens (including phenoxy) is 3. The molecule has 4 unspecified atom stereocenters. The van der Waals surface area contributed by atoms with Gasteiger partial charge in [-0.1, -0.05) is 12.1 Å². The molecule has 2 aromatic carbocycles. The highest BCUT2D eigenvalue weighted by Crippen LogP contribution is 2.52. The normalized spacial score (nSPS) is 31.3. The van der Waals surface area contributed by atoms with Crippen LogP contribution in [0, 0.1) is 0 Å².